The van der Waals surface area contributed by atoms with Gasteiger partial charge in [0, 0.05) is 17.0 Å². The highest BCUT2D eigenvalue weighted by molar-refractivity contribution is 6.30. The molecule has 2 aliphatic rings. The van der Waals surface area contributed by atoms with Gasteiger partial charge in [-0.25, -0.2) is 18.7 Å². The van der Waals surface area contributed by atoms with E-state index in [2.05, 4.69) is 25.6 Å². The van der Waals surface area contributed by atoms with E-state index in [9.17, 15) is 18.7 Å². The number of anilines is 3. The second-order valence-electron chi connectivity index (χ2n) is 9.23. The Labute approximate surface area is 205 Å². The predicted octanol–water partition coefficient (Wildman–Crippen LogP) is 4.04. The molecule has 2 atom stereocenters. The van der Waals surface area contributed by atoms with Gasteiger partial charge < -0.3 is 21.5 Å². The lowest BCUT2D eigenvalue weighted by Gasteiger charge is -2.29. The van der Waals surface area contributed by atoms with Gasteiger partial charge in [-0.15, -0.1) is 0 Å². The van der Waals surface area contributed by atoms with Crippen LogP contribution < -0.4 is 16.4 Å². The highest BCUT2D eigenvalue weighted by Gasteiger charge is 2.30. The number of rotatable bonds is 6. The molecule has 2 heterocycles. The summed E-state index contributed by atoms with van der Waals surface area (Å²) in [5, 5.41) is 16.1. The van der Waals surface area contributed by atoms with Gasteiger partial charge in [-0.2, -0.15) is 4.98 Å². The third kappa shape index (κ3) is 4.74. The first kappa shape index (κ1) is 23.7. The summed E-state index contributed by atoms with van der Waals surface area (Å²) in [4.78, 5) is 25.2. The molecule has 2 aromatic heterocycles. The fourth-order valence-electron chi connectivity index (χ4n) is 5.06. The van der Waals surface area contributed by atoms with Crippen LogP contribution in [0.2, 0.25) is 5.02 Å². The van der Waals surface area contributed by atoms with E-state index in [1.54, 1.807) is 4.57 Å². The predicted molar refractivity (Wildman–Crippen MR) is 127 cm³/mol. The van der Waals surface area contributed by atoms with Crippen molar-refractivity contribution in [1.29, 1.82) is 0 Å². The van der Waals surface area contributed by atoms with Crippen molar-refractivity contribution >= 4 is 46.3 Å². The number of nitrogens with zero attached hydrogens (tertiary/aromatic N) is 4. The van der Waals surface area contributed by atoms with Gasteiger partial charge in [0.2, 0.25) is 17.8 Å². The molecule has 2 saturated carbocycles. The van der Waals surface area contributed by atoms with Crippen molar-refractivity contribution in [3.8, 4) is 0 Å². The van der Waals surface area contributed by atoms with Gasteiger partial charge in [-0.3, -0.25) is 9.36 Å². The first-order valence-corrected chi connectivity index (χ1v) is 12.1. The van der Waals surface area contributed by atoms with Crippen molar-refractivity contribution in [2.45, 2.75) is 63.1 Å². The van der Waals surface area contributed by atoms with Crippen molar-refractivity contribution in [3.05, 3.63) is 35.0 Å². The minimum atomic E-state index is -0.852. The summed E-state index contributed by atoms with van der Waals surface area (Å²) in [5.74, 6) is -1.70. The number of carbonyl (C=O) groups is 1. The molecule has 0 spiro atoms. The number of nitrogens with one attached hydrogen (secondary N) is 2. The minimum Gasteiger partial charge on any atom is -0.391 e. The Morgan fingerprint density at radius 2 is 1.83 bits per heavy atom. The average molecular weight is 506 g/mol. The van der Waals surface area contributed by atoms with Crippen LogP contribution in [0, 0.1) is 17.6 Å². The largest absolute Gasteiger partial charge is 0.391 e. The van der Waals surface area contributed by atoms with E-state index in [1.165, 1.54) is 6.20 Å². The lowest BCUT2D eigenvalue weighted by atomic mass is 9.85. The standard InChI is InChI=1S/C23H26ClF2N7O2/c24-12-8-14(25)19(15(26)9-12)31-23-30-17-10-28-22(29-16-2-1-3-18(16)34)32-21(17)33(23)13-6-4-11(5-7-13)20(27)35/h8-11,13,16,18,34H,1-7H2,(H2,27,35)(H,30,31)(H,28,29,32)/t11-,13+,16?,18-/m1/s1. The normalized spacial score (nSPS) is 24.6. The SMILES string of the molecule is NC(=O)[C@H]1CC[C@@H](n2c(Nc3c(F)cc(Cl)cc3F)nc3cnc(NC4CCC[C@H]4O)nc32)CC1. The quantitative estimate of drug-likeness (QED) is 0.397. The molecule has 5 rings (SSSR count). The van der Waals surface area contributed by atoms with E-state index in [-0.39, 0.29) is 40.6 Å². The van der Waals surface area contributed by atoms with Gasteiger partial charge >= 0.3 is 0 Å². The molecule has 5 N–H and O–H groups in total. The van der Waals surface area contributed by atoms with E-state index in [1.807, 2.05) is 0 Å². The van der Waals surface area contributed by atoms with Crippen molar-refractivity contribution in [2.24, 2.45) is 11.7 Å². The molecule has 1 amide bonds. The van der Waals surface area contributed by atoms with Crippen molar-refractivity contribution in [2.75, 3.05) is 10.6 Å². The van der Waals surface area contributed by atoms with Crippen LogP contribution in [0.1, 0.15) is 51.0 Å². The van der Waals surface area contributed by atoms with Gasteiger partial charge in [0.15, 0.2) is 17.3 Å². The highest BCUT2D eigenvalue weighted by Crippen LogP contribution is 2.38. The lowest BCUT2D eigenvalue weighted by Crippen LogP contribution is -2.29. The molecule has 2 fully saturated rings. The number of carbonyl (C=O) groups excluding carboxylic acids is 1. The summed E-state index contributed by atoms with van der Waals surface area (Å²) in [6, 6.07) is 1.76. The maximum Gasteiger partial charge on any atom is 0.225 e. The Morgan fingerprint density at radius 3 is 2.46 bits per heavy atom. The fourth-order valence-corrected chi connectivity index (χ4v) is 5.25. The van der Waals surface area contributed by atoms with Gasteiger partial charge in [-0.1, -0.05) is 11.6 Å². The number of aromatic nitrogens is 4. The highest BCUT2D eigenvalue weighted by atomic mass is 35.5. The second kappa shape index (κ2) is 9.54. The lowest BCUT2D eigenvalue weighted by molar-refractivity contribution is -0.122. The molecule has 12 heteroatoms. The van der Waals surface area contributed by atoms with Crippen molar-refractivity contribution in [3.63, 3.8) is 0 Å². The van der Waals surface area contributed by atoms with Gasteiger partial charge in [0.05, 0.1) is 18.3 Å². The number of fused-ring (bicyclic) bond motifs is 1. The number of primary amides is 1. The molecule has 1 aromatic carbocycles. The Bertz CT molecular complexity index is 1240. The summed E-state index contributed by atoms with van der Waals surface area (Å²) < 4.78 is 30.9. The molecule has 3 aromatic rings. The van der Waals surface area contributed by atoms with Crippen LogP contribution in [0.5, 0.6) is 0 Å². The molecular formula is C23H26ClF2N7O2. The number of hydrogen-bond donors (Lipinski definition) is 4. The molecule has 9 nitrogen and oxygen atoms in total. The Morgan fingerprint density at radius 1 is 1.11 bits per heavy atom. The van der Waals surface area contributed by atoms with Crippen LogP contribution in [-0.4, -0.2) is 42.7 Å². The molecule has 2 aliphatic carbocycles. The zero-order chi connectivity index (χ0) is 24.7. The van der Waals surface area contributed by atoms with Crippen molar-refractivity contribution < 1.29 is 18.7 Å². The molecular weight excluding hydrogens is 480 g/mol. The van der Waals surface area contributed by atoms with Crippen LogP contribution in [0.3, 0.4) is 0 Å². The smallest absolute Gasteiger partial charge is 0.225 e. The third-order valence-corrected chi connectivity index (χ3v) is 7.15. The van der Waals surface area contributed by atoms with E-state index in [0.717, 1.165) is 25.0 Å². The molecule has 0 radical (unpaired) electrons. The van der Waals surface area contributed by atoms with Gasteiger partial charge in [0.1, 0.15) is 11.2 Å². The van der Waals surface area contributed by atoms with Gasteiger partial charge in [0.25, 0.3) is 0 Å². The fraction of sp³-hybridized carbons (Fsp3) is 0.478. The topological polar surface area (TPSA) is 131 Å². The summed E-state index contributed by atoms with van der Waals surface area (Å²) in [7, 11) is 0. The molecule has 0 saturated heterocycles. The number of hydrogen-bond acceptors (Lipinski definition) is 7. The second-order valence-corrected chi connectivity index (χ2v) is 9.67. The van der Waals surface area contributed by atoms with Crippen LogP contribution in [0.15, 0.2) is 18.3 Å². The molecule has 186 valence electrons. The van der Waals surface area contributed by atoms with Crippen LogP contribution in [-0.2, 0) is 4.79 Å². The first-order valence-electron chi connectivity index (χ1n) is 11.7. The minimum absolute atomic E-state index is 0.0560. The number of imidazole rings is 1. The number of aliphatic hydroxyl groups excluding tert-OH is 1. The van der Waals surface area contributed by atoms with Crippen LogP contribution in [0.4, 0.5) is 26.4 Å². The molecule has 0 aliphatic heterocycles. The molecule has 0 bridgehead atoms. The summed E-state index contributed by atoms with van der Waals surface area (Å²) in [6.07, 6.45) is 5.91. The monoisotopic (exact) mass is 505 g/mol. The number of benzene rings is 1. The molecule has 35 heavy (non-hydrogen) atoms. The van der Waals surface area contributed by atoms with E-state index < -0.39 is 17.7 Å². The number of aliphatic hydroxyl groups is 1. The Hall–Kier alpha value is -3.05. The zero-order valence-electron chi connectivity index (χ0n) is 18.8. The van der Waals surface area contributed by atoms with Gasteiger partial charge in [-0.05, 0) is 57.1 Å². The van der Waals surface area contributed by atoms with E-state index in [0.29, 0.717) is 49.2 Å². The maximum absolute atomic E-state index is 14.6. The Kier molecular flexibility index (Phi) is 6.45. The van der Waals surface area contributed by atoms with Crippen molar-refractivity contribution in [1.82, 2.24) is 19.5 Å². The van der Waals surface area contributed by atoms with E-state index in [4.69, 9.17) is 17.3 Å². The number of amides is 1. The Balaban J connectivity index is 1.54. The average Bonchev–Trinajstić information content (AvgIpc) is 3.38. The van der Waals surface area contributed by atoms with Crippen LogP contribution >= 0.6 is 11.6 Å². The van der Waals surface area contributed by atoms with E-state index >= 15 is 0 Å². The number of nitrogens with two attached hydrogens (primary N) is 1. The molecule has 1 unspecified atom stereocenters. The summed E-state index contributed by atoms with van der Waals surface area (Å²) >= 11 is 5.77. The number of halogens is 3. The van der Waals surface area contributed by atoms with Crippen LogP contribution in [0.25, 0.3) is 11.2 Å². The summed E-state index contributed by atoms with van der Waals surface area (Å²) in [6.45, 7) is 0. The maximum atomic E-state index is 14.6. The summed E-state index contributed by atoms with van der Waals surface area (Å²) in [5.41, 5.74) is 6.04. The first-order chi connectivity index (χ1) is 16.8. The zero-order valence-corrected chi connectivity index (χ0v) is 19.6. The third-order valence-electron chi connectivity index (χ3n) is 6.93.